The minimum Gasteiger partial charge on any atom is -0.493 e. The lowest BCUT2D eigenvalue weighted by Crippen LogP contribution is -2.26. The monoisotopic (exact) mass is 499 g/mol. The Balaban J connectivity index is 2.09. The number of halogens is 2. The Morgan fingerprint density at radius 3 is 2.56 bits per heavy atom. The largest absolute Gasteiger partial charge is 0.493 e. The quantitative estimate of drug-likeness (QED) is 0.536. The molecule has 0 fully saturated rings. The van der Waals surface area contributed by atoms with Crippen molar-refractivity contribution in [2.45, 2.75) is 33.1 Å². The van der Waals surface area contributed by atoms with Gasteiger partial charge < -0.3 is 14.4 Å². The number of aromatic nitrogens is 1. The second-order valence-corrected chi connectivity index (χ2v) is 8.96. The Morgan fingerprint density at radius 1 is 1.16 bits per heavy atom. The van der Waals surface area contributed by atoms with Crippen molar-refractivity contribution in [3.63, 3.8) is 0 Å². The molecule has 0 bridgehead atoms. The number of ether oxygens (including phenoxy) is 1. The zero-order chi connectivity index (χ0) is 23.2. The molecule has 2 aromatic carbocycles. The Bertz CT molecular complexity index is 1310. The van der Waals surface area contributed by atoms with E-state index in [1.165, 1.54) is 10.6 Å². The highest BCUT2D eigenvalue weighted by molar-refractivity contribution is 9.10. The molecule has 32 heavy (non-hydrogen) atoms. The maximum Gasteiger partial charge on any atom is 0.309 e. The van der Waals surface area contributed by atoms with Gasteiger partial charge >= 0.3 is 5.97 Å². The average molecular weight is 500 g/mol. The summed E-state index contributed by atoms with van der Waals surface area (Å²) < 4.78 is 22.6. The normalized spacial score (nSPS) is 12.9. The maximum absolute atomic E-state index is 14.9. The van der Waals surface area contributed by atoms with Crippen LogP contribution in [-0.4, -0.2) is 22.2 Å². The number of hydrogen-bond donors (Lipinski definition) is 1. The van der Waals surface area contributed by atoms with Crippen LogP contribution in [0.2, 0.25) is 0 Å². The molecule has 0 atom stereocenters. The number of carboxylic acids is 1. The molecule has 166 valence electrons. The fourth-order valence-corrected chi connectivity index (χ4v) is 4.89. The maximum atomic E-state index is 14.9. The number of rotatable bonds is 4. The van der Waals surface area contributed by atoms with E-state index in [0.29, 0.717) is 27.9 Å². The van der Waals surface area contributed by atoms with E-state index in [2.05, 4.69) is 15.9 Å². The molecule has 0 saturated heterocycles. The van der Waals surface area contributed by atoms with Crippen LogP contribution >= 0.6 is 15.9 Å². The van der Waals surface area contributed by atoms with Gasteiger partial charge in [0.2, 0.25) is 0 Å². The van der Waals surface area contributed by atoms with Gasteiger partial charge in [0.25, 0.3) is 5.56 Å². The lowest BCUT2D eigenvalue weighted by molar-refractivity contribution is -0.136. The zero-order valence-electron chi connectivity index (χ0n) is 18.1. The summed E-state index contributed by atoms with van der Waals surface area (Å²) in [4.78, 5) is 25.0. The Hall–Kier alpha value is -2.93. The third kappa shape index (κ3) is 3.75. The van der Waals surface area contributed by atoms with E-state index in [4.69, 9.17) is 4.74 Å². The molecule has 5 nitrogen and oxygen atoms in total. The van der Waals surface area contributed by atoms with Crippen LogP contribution in [0.15, 0.2) is 39.6 Å². The van der Waals surface area contributed by atoms with Crippen LogP contribution in [0.3, 0.4) is 0 Å². The van der Waals surface area contributed by atoms with Crippen molar-refractivity contribution in [2.24, 2.45) is 7.05 Å². The van der Waals surface area contributed by atoms with E-state index in [-0.39, 0.29) is 17.5 Å². The second kappa shape index (κ2) is 8.54. The van der Waals surface area contributed by atoms with Gasteiger partial charge in [-0.2, -0.15) is 0 Å². The number of pyridine rings is 1. The Morgan fingerprint density at radius 2 is 1.88 bits per heavy atom. The molecule has 1 N–H and O–H groups in total. The summed E-state index contributed by atoms with van der Waals surface area (Å²) in [6, 6.07) is 8.37. The predicted octanol–water partition coefficient (Wildman–Crippen LogP) is 5.19. The Labute approximate surface area is 193 Å². The van der Waals surface area contributed by atoms with Crippen molar-refractivity contribution in [1.29, 1.82) is 0 Å². The molecule has 7 heteroatoms. The molecule has 0 unspecified atom stereocenters. The van der Waals surface area contributed by atoms with Crippen LogP contribution in [0.4, 0.5) is 4.39 Å². The van der Waals surface area contributed by atoms with Crippen LogP contribution in [0, 0.1) is 19.7 Å². The molecule has 0 aliphatic carbocycles. The summed E-state index contributed by atoms with van der Waals surface area (Å²) in [6.07, 6.45) is 1.45. The smallest absolute Gasteiger partial charge is 0.309 e. The highest BCUT2D eigenvalue weighted by Gasteiger charge is 2.25. The topological polar surface area (TPSA) is 68.5 Å². The van der Waals surface area contributed by atoms with Gasteiger partial charge in [-0.15, -0.1) is 0 Å². The number of fused-ring (bicyclic) bond motifs is 1. The molecule has 3 aromatic rings. The summed E-state index contributed by atoms with van der Waals surface area (Å²) in [6.45, 7) is 4.41. The summed E-state index contributed by atoms with van der Waals surface area (Å²) >= 11 is 3.25. The SMILES string of the molecule is Cc1c(-c2c(C)c(-c3ccc(Br)cc3F)c(=O)n(C)c2CC(=O)O)ccc2c1CCCO2. The van der Waals surface area contributed by atoms with E-state index in [9.17, 15) is 19.1 Å². The summed E-state index contributed by atoms with van der Waals surface area (Å²) in [5.74, 6) is -0.729. The molecule has 1 aliphatic heterocycles. The highest BCUT2D eigenvalue weighted by atomic mass is 79.9. The second-order valence-electron chi connectivity index (χ2n) is 8.05. The number of hydrogen-bond acceptors (Lipinski definition) is 3. The summed E-state index contributed by atoms with van der Waals surface area (Å²) in [5, 5.41) is 9.57. The van der Waals surface area contributed by atoms with Crippen molar-refractivity contribution < 1.29 is 19.0 Å². The van der Waals surface area contributed by atoms with Crippen LogP contribution in [0.25, 0.3) is 22.3 Å². The summed E-state index contributed by atoms with van der Waals surface area (Å²) in [7, 11) is 1.54. The molecule has 0 radical (unpaired) electrons. The third-order valence-electron chi connectivity index (χ3n) is 6.13. The first kappa shape index (κ1) is 22.3. The number of benzene rings is 2. The van der Waals surface area contributed by atoms with Gasteiger partial charge in [0.05, 0.1) is 18.6 Å². The fourth-order valence-electron chi connectivity index (χ4n) is 4.56. The molecule has 1 aliphatic rings. The molecular formula is C25H23BrFNO4. The minimum absolute atomic E-state index is 0.188. The number of aliphatic carboxylic acids is 1. The van der Waals surface area contributed by atoms with Gasteiger partial charge in [-0.1, -0.05) is 28.1 Å². The van der Waals surface area contributed by atoms with Gasteiger partial charge in [-0.25, -0.2) is 4.39 Å². The third-order valence-corrected chi connectivity index (χ3v) is 6.63. The lowest BCUT2D eigenvalue weighted by Gasteiger charge is -2.25. The van der Waals surface area contributed by atoms with Gasteiger partial charge in [-0.05, 0) is 67.1 Å². The lowest BCUT2D eigenvalue weighted by atomic mass is 9.86. The van der Waals surface area contributed by atoms with Crippen LogP contribution in [0.1, 0.15) is 28.8 Å². The molecule has 2 heterocycles. The zero-order valence-corrected chi connectivity index (χ0v) is 19.7. The molecule has 0 saturated carbocycles. The van der Waals surface area contributed by atoms with Gasteiger partial charge in [0, 0.05) is 28.3 Å². The fraction of sp³-hybridized carbons (Fsp3) is 0.280. The number of nitrogens with zero attached hydrogens (tertiary/aromatic N) is 1. The van der Waals surface area contributed by atoms with Gasteiger partial charge in [0.15, 0.2) is 0 Å². The van der Waals surface area contributed by atoms with E-state index in [1.54, 1.807) is 26.1 Å². The van der Waals surface area contributed by atoms with Gasteiger partial charge in [-0.3, -0.25) is 9.59 Å². The van der Waals surface area contributed by atoms with Gasteiger partial charge in [0.1, 0.15) is 11.6 Å². The standard InChI is InChI=1S/C25H23BrFNO4/c1-13-16-5-4-10-32-21(16)9-8-17(13)23-14(2)24(18-7-6-15(26)11-19(18)27)25(31)28(3)20(23)12-22(29)30/h6-9,11H,4-5,10,12H2,1-3H3,(H,29,30). The first-order valence-electron chi connectivity index (χ1n) is 10.4. The predicted molar refractivity (Wildman–Crippen MR) is 125 cm³/mol. The van der Waals surface area contributed by atoms with Crippen molar-refractivity contribution in [3.8, 4) is 28.0 Å². The van der Waals surface area contributed by atoms with Crippen molar-refractivity contribution >= 4 is 21.9 Å². The van der Waals surface area contributed by atoms with Crippen LogP contribution in [0.5, 0.6) is 5.75 Å². The van der Waals surface area contributed by atoms with Crippen molar-refractivity contribution in [3.05, 3.63) is 73.4 Å². The minimum atomic E-state index is -1.04. The van der Waals surface area contributed by atoms with E-state index < -0.39 is 17.3 Å². The molecular weight excluding hydrogens is 477 g/mol. The molecule has 1 aromatic heterocycles. The first-order chi connectivity index (χ1) is 15.2. The average Bonchev–Trinajstić information content (AvgIpc) is 2.74. The van der Waals surface area contributed by atoms with E-state index >= 15 is 0 Å². The van der Waals surface area contributed by atoms with Crippen molar-refractivity contribution in [1.82, 2.24) is 4.57 Å². The van der Waals surface area contributed by atoms with E-state index in [0.717, 1.165) is 35.3 Å². The molecule has 4 rings (SSSR count). The molecule has 0 amide bonds. The van der Waals surface area contributed by atoms with Crippen LogP contribution in [-0.2, 0) is 24.7 Å². The Kier molecular flexibility index (Phi) is 5.95. The number of carboxylic acid groups (broad SMARTS) is 1. The summed E-state index contributed by atoms with van der Waals surface area (Å²) in [5.41, 5.74) is 4.49. The number of carbonyl (C=O) groups is 1. The van der Waals surface area contributed by atoms with Crippen LogP contribution < -0.4 is 10.3 Å². The van der Waals surface area contributed by atoms with Crippen molar-refractivity contribution in [2.75, 3.05) is 6.61 Å². The molecule has 0 spiro atoms. The first-order valence-corrected chi connectivity index (χ1v) is 11.1. The van der Waals surface area contributed by atoms with E-state index in [1.807, 2.05) is 19.1 Å². The highest BCUT2D eigenvalue weighted by Crippen LogP contribution is 2.39.